The molecule has 0 radical (unpaired) electrons. The molecule has 3 heteroatoms. The van der Waals surface area contributed by atoms with Gasteiger partial charge in [0.1, 0.15) is 0 Å². The highest BCUT2D eigenvalue weighted by Crippen LogP contribution is 2.06. The molecule has 1 rings (SSSR count). The smallest absolute Gasteiger partial charge is 0.229 e. The first-order valence-electron chi connectivity index (χ1n) is 3.74. The van der Waals surface area contributed by atoms with E-state index in [2.05, 4.69) is 24.5 Å². The molecule has 0 spiro atoms. The molecule has 0 fully saturated rings. The second-order valence-corrected chi connectivity index (χ2v) is 3.01. The summed E-state index contributed by atoms with van der Waals surface area (Å²) < 4.78 is 0. The van der Waals surface area contributed by atoms with Crippen LogP contribution in [0.25, 0.3) is 0 Å². The zero-order chi connectivity index (χ0) is 9.68. The standard InChI is InChI=1S/C10H9NOS/c11-10(12)3-1-2-8-4-6-9(13)7-5-8/h4-7,13H,3H2,(H2,11,12). The van der Waals surface area contributed by atoms with E-state index in [1.165, 1.54) is 0 Å². The Morgan fingerprint density at radius 3 is 2.54 bits per heavy atom. The zero-order valence-electron chi connectivity index (χ0n) is 6.95. The lowest BCUT2D eigenvalue weighted by Crippen LogP contribution is -2.08. The molecule has 1 aromatic carbocycles. The molecule has 0 aliphatic carbocycles. The molecule has 0 heterocycles. The van der Waals surface area contributed by atoms with Crippen molar-refractivity contribution in [1.82, 2.24) is 0 Å². The predicted molar refractivity (Wildman–Crippen MR) is 54.4 cm³/mol. The molecule has 66 valence electrons. The number of primary amides is 1. The summed E-state index contributed by atoms with van der Waals surface area (Å²) in [4.78, 5) is 11.2. The lowest BCUT2D eigenvalue weighted by Gasteiger charge is -1.90. The van der Waals surface area contributed by atoms with Gasteiger partial charge in [-0.05, 0) is 24.3 Å². The van der Waals surface area contributed by atoms with Crippen LogP contribution in [0, 0.1) is 11.8 Å². The number of amides is 1. The van der Waals surface area contributed by atoms with Gasteiger partial charge in [0, 0.05) is 10.5 Å². The summed E-state index contributed by atoms with van der Waals surface area (Å²) in [5.74, 6) is 5.09. The Balaban J connectivity index is 2.67. The summed E-state index contributed by atoms with van der Waals surface area (Å²) >= 11 is 4.13. The number of hydrogen-bond donors (Lipinski definition) is 2. The highest BCUT2D eigenvalue weighted by molar-refractivity contribution is 7.80. The Kier molecular flexibility index (Phi) is 3.41. The van der Waals surface area contributed by atoms with Crippen molar-refractivity contribution in [1.29, 1.82) is 0 Å². The van der Waals surface area contributed by atoms with Gasteiger partial charge in [-0.1, -0.05) is 11.8 Å². The van der Waals surface area contributed by atoms with Crippen LogP contribution in [0.4, 0.5) is 0 Å². The maximum atomic E-state index is 10.4. The van der Waals surface area contributed by atoms with Crippen molar-refractivity contribution in [3.63, 3.8) is 0 Å². The molecule has 0 saturated heterocycles. The van der Waals surface area contributed by atoms with Gasteiger partial charge in [-0.25, -0.2) is 0 Å². The Bertz CT molecular complexity index is 359. The summed E-state index contributed by atoms with van der Waals surface area (Å²) in [6.07, 6.45) is 0.0998. The third kappa shape index (κ3) is 3.68. The van der Waals surface area contributed by atoms with Crippen LogP contribution in [-0.2, 0) is 4.79 Å². The second-order valence-electron chi connectivity index (χ2n) is 2.49. The molecule has 1 aromatic rings. The predicted octanol–water partition coefficient (Wildman–Crippen LogP) is 1.20. The van der Waals surface area contributed by atoms with E-state index in [0.29, 0.717) is 0 Å². The molecular weight excluding hydrogens is 182 g/mol. The average molecular weight is 191 g/mol. The SMILES string of the molecule is NC(=O)CC#Cc1ccc(S)cc1. The molecule has 0 atom stereocenters. The van der Waals surface area contributed by atoms with E-state index < -0.39 is 5.91 Å². The molecule has 2 N–H and O–H groups in total. The Morgan fingerprint density at radius 1 is 1.38 bits per heavy atom. The normalized spacial score (nSPS) is 8.69. The fourth-order valence-corrected chi connectivity index (χ4v) is 0.927. The molecule has 0 saturated carbocycles. The van der Waals surface area contributed by atoms with Crippen LogP contribution in [-0.4, -0.2) is 5.91 Å². The van der Waals surface area contributed by atoms with Crippen LogP contribution in [0.5, 0.6) is 0 Å². The average Bonchev–Trinajstić information content (AvgIpc) is 2.08. The van der Waals surface area contributed by atoms with Gasteiger partial charge in [-0.2, -0.15) is 0 Å². The van der Waals surface area contributed by atoms with Crippen LogP contribution in [0.2, 0.25) is 0 Å². The number of rotatable bonds is 1. The quantitative estimate of drug-likeness (QED) is 0.508. The lowest BCUT2D eigenvalue weighted by atomic mass is 10.2. The summed E-state index contributed by atoms with van der Waals surface area (Å²) in [6.45, 7) is 0. The van der Waals surface area contributed by atoms with Gasteiger partial charge in [-0.15, -0.1) is 12.6 Å². The summed E-state index contributed by atoms with van der Waals surface area (Å²) in [6, 6.07) is 7.38. The zero-order valence-corrected chi connectivity index (χ0v) is 7.84. The largest absolute Gasteiger partial charge is 0.369 e. The van der Waals surface area contributed by atoms with Crippen LogP contribution in [0.3, 0.4) is 0 Å². The number of nitrogens with two attached hydrogens (primary N) is 1. The number of carbonyl (C=O) groups excluding carboxylic acids is 1. The van der Waals surface area contributed by atoms with E-state index in [-0.39, 0.29) is 6.42 Å². The van der Waals surface area contributed by atoms with E-state index in [9.17, 15) is 4.79 Å². The molecule has 0 aliphatic rings. The fraction of sp³-hybridized carbons (Fsp3) is 0.100. The molecule has 0 bridgehead atoms. The first-order valence-corrected chi connectivity index (χ1v) is 4.19. The lowest BCUT2D eigenvalue weighted by molar-refractivity contribution is -0.117. The van der Waals surface area contributed by atoms with Crippen molar-refractivity contribution in [3.8, 4) is 11.8 Å². The monoisotopic (exact) mass is 191 g/mol. The minimum absolute atomic E-state index is 0.0998. The molecular formula is C10H9NOS. The van der Waals surface area contributed by atoms with Crippen molar-refractivity contribution in [2.75, 3.05) is 0 Å². The van der Waals surface area contributed by atoms with Gasteiger partial charge in [0.2, 0.25) is 5.91 Å². The highest BCUT2D eigenvalue weighted by atomic mass is 32.1. The number of hydrogen-bond acceptors (Lipinski definition) is 2. The van der Waals surface area contributed by atoms with Gasteiger partial charge >= 0.3 is 0 Å². The Morgan fingerprint density at radius 2 is 2.00 bits per heavy atom. The highest BCUT2D eigenvalue weighted by Gasteiger charge is 1.88. The van der Waals surface area contributed by atoms with Crippen LogP contribution in [0.15, 0.2) is 29.2 Å². The maximum Gasteiger partial charge on any atom is 0.229 e. The van der Waals surface area contributed by atoms with Gasteiger partial charge in [-0.3, -0.25) is 4.79 Å². The molecule has 0 unspecified atom stereocenters. The molecule has 13 heavy (non-hydrogen) atoms. The van der Waals surface area contributed by atoms with Crippen molar-refractivity contribution in [2.24, 2.45) is 5.73 Å². The first kappa shape index (κ1) is 9.69. The summed E-state index contributed by atoms with van der Waals surface area (Å²) in [5, 5.41) is 0. The van der Waals surface area contributed by atoms with Crippen LogP contribution >= 0.6 is 12.6 Å². The number of thiol groups is 1. The maximum absolute atomic E-state index is 10.4. The number of carbonyl (C=O) groups is 1. The van der Waals surface area contributed by atoms with E-state index in [0.717, 1.165) is 10.5 Å². The minimum atomic E-state index is -0.404. The van der Waals surface area contributed by atoms with Gasteiger partial charge in [0.05, 0.1) is 6.42 Å². The third-order valence-corrected chi connectivity index (χ3v) is 1.66. The van der Waals surface area contributed by atoms with E-state index in [4.69, 9.17) is 5.73 Å². The van der Waals surface area contributed by atoms with Crippen LogP contribution in [0.1, 0.15) is 12.0 Å². The van der Waals surface area contributed by atoms with Crippen LogP contribution < -0.4 is 5.73 Å². The minimum Gasteiger partial charge on any atom is -0.369 e. The van der Waals surface area contributed by atoms with Crippen molar-refractivity contribution < 1.29 is 4.79 Å². The first-order chi connectivity index (χ1) is 6.18. The van der Waals surface area contributed by atoms with Crippen molar-refractivity contribution in [3.05, 3.63) is 29.8 Å². The van der Waals surface area contributed by atoms with Crippen molar-refractivity contribution in [2.45, 2.75) is 11.3 Å². The van der Waals surface area contributed by atoms with Gasteiger partial charge in [0.15, 0.2) is 0 Å². The van der Waals surface area contributed by atoms with Crippen molar-refractivity contribution >= 4 is 18.5 Å². The molecule has 2 nitrogen and oxygen atoms in total. The van der Waals surface area contributed by atoms with Gasteiger partial charge < -0.3 is 5.73 Å². The second kappa shape index (κ2) is 4.58. The summed E-state index contributed by atoms with van der Waals surface area (Å²) in [7, 11) is 0. The fourth-order valence-electron chi connectivity index (χ4n) is 0.778. The molecule has 0 aliphatic heterocycles. The van der Waals surface area contributed by atoms with E-state index in [1.54, 1.807) is 0 Å². The van der Waals surface area contributed by atoms with E-state index >= 15 is 0 Å². The third-order valence-electron chi connectivity index (χ3n) is 1.36. The molecule has 0 aromatic heterocycles. The van der Waals surface area contributed by atoms with Gasteiger partial charge in [0.25, 0.3) is 0 Å². The Hall–Kier alpha value is -1.40. The molecule has 1 amide bonds. The van der Waals surface area contributed by atoms with E-state index in [1.807, 2.05) is 24.3 Å². The summed E-state index contributed by atoms with van der Waals surface area (Å²) in [5.41, 5.74) is 5.79. The number of benzene rings is 1. The topological polar surface area (TPSA) is 43.1 Å². The Labute approximate surface area is 82.5 Å².